The van der Waals surface area contributed by atoms with Crippen molar-refractivity contribution in [2.45, 2.75) is 58.5 Å². The first-order valence-corrected chi connectivity index (χ1v) is 7.16. The van der Waals surface area contributed by atoms with E-state index in [1.54, 1.807) is 0 Å². The van der Waals surface area contributed by atoms with E-state index in [0.717, 1.165) is 24.5 Å². The highest BCUT2D eigenvalue weighted by Crippen LogP contribution is 2.32. The minimum atomic E-state index is 0.444. The van der Waals surface area contributed by atoms with Crippen LogP contribution in [0, 0.1) is 13.8 Å². The Morgan fingerprint density at radius 3 is 2.83 bits per heavy atom. The van der Waals surface area contributed by atoms with Crippen molar-refractivity contribution in [2.24, 2.45) is 5.73 Å². The van der Waals surface area contributed by atoms with E-state index < -0.39 is 0 Å². The van der Waals surface area contributed by atoms with Crippen LogP contribution in [0.15, 0.2) is 10.5 Å². The van der Waals surface area contributed by atoms with Gasteiger partial charge in [-0.05, 0) is 59.2 Å². The van der Waals surface area contributed by atoms with Crippen LogP contribution in [0.2, 0.25) is 0 Å². The summed E-state index contributed by atoms with van der Waals surface area (Å²) in [4.78, 5) is 2.62. The van der Waals surface area contributed by atoms with Gasteiger partial charge in [-0.3, -0.25) is 4.90 Å². The fourth-order valence-corrected chi connectivity index (χ4v) is 3.28. The van der Waals surface area contributed by atoms with E-state index in [9.17, 15) is 0 Å². The molecule has 1 aromatic rings. The highest BCUT2D eigenvalue weighted by Gasteiger charge is 2.28. The van der Waals surface area contributed by atoms with Crippen molar-refractivity contribution < 1.29 is 4.42 Å². The van der Waals surface area contributed by atoms with Gasteiger partial charge in [-0.1, -0.05) is 6.42 Å². The second-order valence-corrected chi connectivity index (χ2v) is 5.51. The van der Waals surface area contributed by atoms with E-state index in [1.165, 1.54) is 31.4 Å². The van der Waals surface area contributed by atoms with Crippen molar-refractivity contribution in [3.63, 3.8) is 0 Å². The first-order valence-electron chi connectivity index (χ1n) is 7.16. The lowest BCUT2D eigenvalue weighted by atomic mass is 9.95. The third-order valence-corrected chi connectivity index (χ3v) is 4.20. The molecule has 2 unspecified atom stereocenters. The Hall–Kier alpha value is -0.800. The van der Waals surface area contributed by atoms with E-state index in [0.29, 0.717) is 12.1 Å². The lowest BCUT2D eigenvalue weighted by Gasteiger charge is -2.39. The van der Waals surface area contributed by atoms with Crippen molar-refractivity contribution >= 4 is 0 Å². The molecular formula is C15H26N2O. The molecule has 0 aliphatic carbocycles. The van der Waals surface area contributed by atoms with E-state index in [2.05, 4.69) is 24.8 Å². The lowest BCUT2D eigenvalue weighted by Crippen LogP contribution is -2.42. The Labute approximate surface area is 110 Å². The Morgan fingerprint density at radius 2 is 2.22 bits per heavy atom. The fourth-order valence-electron chi connectivity index (χ4n) is 3.28. The summed E-state index contributed by atoms with van der Waals surface area (Å²) in [5, 5.41) is 0. The number of nitrogens with two attached hydrogens (primary N) is 1. The van der Waals surface area contributed by atoms with Crippen molar-refractivity contribution in [3.8, 4) is 0 Å². The monoisotopic (exact) mass is 250 g/mol. The maximum absolute atomic E-state index is 5.75. The summed E-state index contributed by atoms with van der Waals surface area (Å²) >= 11 is 0. The first kappa shape index (κ1) is 13.6. The van der Waals surface area contributed by atoms with Gasteiger partial charge in [0.1, 0.15) is 11.5 Å². The van der Waals surface area contributed by atoms with Crippen LogP contribution in [0.3, 0.4) is 0 Å². The third-order valence-electron chi connectivity index (χ3n) is 4.20. The number of hydrogen-bond donors (Lipinski definition) is 1. The Kier molecular flexibility index (Phi) is 4.46. The SMILES string of the molecule is Cc1cc(C(C)N2CCCCC2CCN)c(C)o1. The molecule has 0 aromatic carbocycles. The van der Waals surface area contributed by atoms with Gasteiger partial charge < -0.3 is 10.2 Å². The molecule has 1 aliphatic heterocycles. The van der Waals surface area contributed by atoms with Gasteiger partial charge in [0, 0.05) is 17.6 Å². The van der Waals surface area contributed by atoms with Gasteiger partial charge in [0.25, 0.3) is 0 Å². The zero-order valence-corrected chi connectivity index (χ0v) is 11.9. The first-order chi connectivity index (χ1) is 8.63. The molecule has 2 N–H and O–H groups in total. The summed E-state index contributed by atoms with van der Waals surface area (Å²) in [7, 11) is 0. The van der Waals surface area contributed by atoms with Crippen LogP contribution in [0.1, 0.15) is 55.7 Å². The van der Waals surface area contributed by atoms with E-state index in [1.807, 2.05) is 6.92 Å². The molecule has 0 amide bonds. The van der Waals surface area contributed by atoms with Gasteiger partial charge >= 0.3 is 0 Å². The zero-order chi connectivity index (χ0) is 13.1. The van der Waals surface area contributed by atoms with Crippen LogP contribution in [0.25, 0.3) is 0 Å². The Balaban J connectivity index is 2.15. The summed E-state index contributed by atoms with van der Waals surface area (Å²) in [6, 6.07) is 3.28. The standard InChI is InChI=1S/C15H26N2O/c1-11-10-15(13(3)18-11)12(2)17-9-5-4-6-14(17)7-8-16/h10,12,14H,4-9,16H2,1-3H3. The molecule has 2 heterocycles. The van der Waals surface area contributed by atoms with Crippen LogP contribution < -0.4 is 5.73 Å². The van der Waals surface area contributed by atoms with E-state index in [4.69, 9.17) is 10.2 Å². The van der Waals surface area contributed by atoms with Gasteiger partial charge in [-0.15, -0.1) is 0 Å². The summed E-state index contributed by atoms with van der Waals surface area (Å²) in [5.74, 6) is 2.08. The number of nitrogens with zero attached hydrogens (tertiary/aromatic N) is 1. The molecular weight excluding hydrogens is 224 g/mol. The van der Waals surface area contributed by atoms with Crippen LogP contribution in [-0.2, 0) is 0 Å². The zero-order valence-electron chi connectivity index (χ0n) is 11.9. The molecule has 1 saturated heterocycles. The predicted octanol–water partition coefficient (Wildman–Crippen LogP) is 3.16. The van der Waals surface area contributed by atoms with Crippen LogP contribution in [-0.4, -0.2) is 24.0 Å². The molecule has 3 nitrogen and oxygen atoms in total. The molecule has 1 fully saturated rings. The number of piperidine rings is 1. The Morgan fingerprint density at radius 1 is 1.44 bits per heavy atom. The van der Waals surface area contributed by atoms with Gasteiger partial charge in [0.15, 0.2) is 0 Å². The summed E-state index contributed by atoms with van der Waals surface area (Å²) in [6.07, 6.45) is 5.05. The van der Waals surface area contributed by atoms with Crippen molar-refractivity contribution in [2.75, 3.05) is 13.1 Å². The fraction of sp³-hybridized carbons (Fsp3) is 0.733. The minimum Gasteiger partial charge on any atom is -0.466 e. The second-order valence-electron chi connectivity index (χ2n) is 5.51. The van der Waals surface area contributed by atoms with E-state index in [-0.39, 0.29) is 0 Å². The molecule has 102 valence electrons. The number of hydrogen-bond acceptors (Lipinski definition) is 3. The van der Waals surface area contributed by atoms with Crippen molar-refractivity contribution in [3.05, 3.63) is 23.2 Å². The quantitative estimate of drug-likeness (QED) is 0.892. The average Bonchev–Trinajstić information content (AvgIpc) is 2.69. The van der Waals surface area contributed by atoms with E-state index >= 15 is 0 Å². The molecule has 2 rings (SSSR count). The van der Waals surface area contributed by atoms with Gasteiger partial charge in [-0.25, -0.2) is 0 Å². The Bertz CT molecular complexity index is 384. The minimum absolute atomic E-state index is 0.444. The molecule has 1 aliphatic rings. The van der Waals surface area contributed by atoms with Crippen molar-refractivity contribution in [1.82, 2.24) is 4.90 Å². The molecule has 0 bridgehead atoms. The molecule has 0 spiro atoms. The van der Waals surface area contributed by atoms with Crippen molar-refractivity contribution in [1.29, 1.82) is 0 Å². The molecule has 0 saturated carbocycles. The third kappa shape index (κ3) is 2.78. The number of aryl methyl sites for hydroxylation is 2. The van der Waals surface area contributed by atoms with Crippen LogP contribution in [0.4, 0.5) is 0 Å². The molecule has 2 atom stereocenters. The van der Waals surface area contributed by atoms with Crippen LogP contribution >= 0.6 is 0 Å². The highest BCUT2D eigenvalue weighted by atomic mass is 16.3. The number of rotatable bonds is 4. The maximum atomic E-state index is 5.75. The molecule has 0 radical (unpaired) electrons. The molecule has 3 heteroatoms. The number of likely N-dealkylation sites (tertiary alicyclic amines) is 1. The van der Waals surface area contributed by atoms with Gasteiger partial charge in [0.2, 0.25) is 0 Å². The lowest BCUT2D eigenvalue weighted by molar-refractivity contribution is 0.0976. The maximum Gasteiger partial charge on any atom is 0.105 e. The van der Waals surface area contributed by atoms with Crippen LogP contribution in [0.5, 0.6) is 0 Å². The normalized spacial score (nSPS) is 23.2. The second kappa shape index (κ2) is 5.89. The molecule has 18 heavy (non-hydrogen) atoms. The largest absolute Gasteiger partial charge is 0.466 e. The van der Waals surface area contributed by atoms with Gasteiger partial charge in [0.05, 0.1) is 0 Å². The predicted molar refractivity (Wildman–Crippen MR) is 74.6 cm³/mol. The topological polar surface area (TPSA) is 42.4 Å². The summed E-state index contributed by atoms with van der Waals surface area (Å²) in [6.45, 7) is 8.37. The average molecular weight is 250 g/mol. The van der Waals surface area contributed by atoms with Gasteiger partial charge in [-0.2, -0.15) is 0 Å². The highest BCUT2D eigenvalue weighted by molar-refractivity contribution is 5.24. The molecule has 1 aromatic heterocycles. The number of furan rings is 1. The summed E-state index contributed by atoms with van der Waals surface area (Å²) < 4.78 is 5.67. The summed E-state index contributed by atoms with van der Waals surface area (Å²) in [5.41, 5.74) is 7.09. The smallest absolute Gasteiger partial charge is 0.105 e.